The Bertz CT molecular complexity index is 555. The highest BCUT2D eigenvalue weighted by atomic mass is 35.5. The molecule has 1 heterocycles. The van der Waals surface area contributed by atoms with E-state index in [1.54, 1.807) is 0 Å². The van der Waals surface area contributed by atoms with Crippen LogP contribution in [0.4, 0.5) is 4.39 Å². The van der Waals surface area contributed by atoms with Gasteiger partial charge in [-0.3, -0.25) is 0 Å². The molecule has 5 nitrogen and oxygen atoms in total. The Hall–Kier alpha value is -1.95. The Balaban J connectivity index is 2.50. The lowest BCUT2D eigenvalue weighted by atomic mass is 10.2. The van der Waals surface area contributed by atoms with E-state index < -0.39 is 17.6 Å². The predicted octanol–water partition coefficient (Wildman–Crippen LogP) is 2.23. The van der Waals surface area contributed by atoms with Gasteiger partial charge in [0.15, 0.2) is 0 Å². The molecule has 0 saturated heterocycles. The summed E-state index contributed by atoms with van der Waals surface area (Å²) in [6, 6.07) is 3.76. The zero-order valence-electron chi connectivity index (χ0n) is 7.65. The smallest absolute Gasteiger partial charge is 0.377 e. The van der Waals surface area contributed by atoms with E-state index in [-0.39, 0.29) is 16.5 Å². The van der Waals surface area contributed by atoms with Crippen LogP contribution in [0.2, 0.25) is 5.02 Å². The number of nitrogens with zero attached hydrogens (tertiary/aromatic N) is 2. The molecule has 82 valence electrons. The van der Waals surface area contributed by atoms with Crippen LogP contribution in [0.15, 0.2) is 22.7 Å². The largest absolute Gasteiger partial charge is 0.475 e. The van der Waals surface area contributed by atoms with Gasteiger partial charge in [-0.2, -0.15) is 4.98 Å². The lowest BCUT2D eigenvalue weighted by Crippen LogP contribution is -1.98. The first-order valence-electron chi connectivity index (χ1n) is 4.10. The number of benzene rings is 1. The molecule has 0 amide bonds. The van der Waals surface area contributed by atoms with E-state index in [4.69, 9.17) is 16.7 Å². The highest BCUT2D eigenvalue weighted by Crippen LogP contribution is 2.24. The highest BCUT2D eigenvalue weighted by molar-refractivity contribution is 6.30. The van der Waals surface area contributed by atoms with Crippen molar-refractivity contribution in [1.82, 2.24) is 10.1 Å². The number of aromatic carboxylic acids is 1. The summed E-state index contributed by atoms with van der Waals surface area (Å²) in [5, 5.41) is 12.0. The van der Waals surface area contributed by atoms with Crippen molar-refractivity contribution < 1.29 is 18.8 Å². The molecule has 0 bridgehead atoms. The standard InChI is InChI=1S/C9H4ClFN2O3/c10-4-1-2-6(11)5(3-4)8-12-7(9(14)15)13-16-8/h1-3H,(H,14,15). The van der Waals surface area contributed by atoms with Crippen molar-refractivity contribution in [2.75, 3.05) is 0 Å². The van der Waals surface area contributed by atoms with Gasteiger partial charge in [0.25, 0.3) is 11.7 Å². The van der Waals surface area contributed by atoms with Gasteiger partial charge in [0, 0.05) is 5.02 Å². The zero-order valence-corrected chi connectivity index (χ0v) is 8.40. The van der Waals surface area contributed by atoms with Crippen molar-refractivity contribution >= 4 is 17.6 Å². The van der Waals surface area contributed by atoms with Gasteiger partial charge in [0.1, 0.15) is 5.82 Å². The van der Waals surface area contributed by atoms with Crippen LogP contribution in [-0.4, -0.2) is 21.2 Å². The molecule has 2 aromatic rings. The average Bonchev–Trinajstić information content (AvgIpc) is 2.70. The van der Waals surface area contributed by atoms with Gasteiger partial charge in [-0.05, 0) is 23.4 Å². The van der Waals surface area contributed by atoms with Crippen LogP contribution in [0.25, 0.3) is 11.5 Å². The summed E-state index contributed by atoms with van der Waals surface area (Å²) in [6.07, 6.45) is 0. The third kappa shape index (κ3) is 1.87. The SMILES string of the molecule is O=C(O)c1noc(-c2cc(Cl)ccc2F)n1. The maximum atomic E-state index is 13.3. The summed E-state index contributed by atoms with van der Waals surface area (Å²) in [5.74, 6) is -2.73. The van der Waals surface area contributed by atoms with Gasteiger partial charge in [0.05, 0.1) is 5.56 Å². The molecular formula is C9H4ClFN2O3. The molecule has 0 spiro atoms. The zero-order chi connectivity index (χ0) is 11.7. The van der Waals surface area contributed by atoms with Crippen LogP contribution in [0.3, 0.4) is 0 Å². The number of aromatic nitrogens is 2. The van der Waals surface area contributed by atoms with E-state index in [0.29, 0.717) is 0 Å². The average molecular weight is 243 g/mol. The third-order valence-corrected chi connectivity index (χ3v) is 2.01. The Morgan fingerprint density at radius 2 is 2.25 bits per heavy atom. The van der Waals surface area contributed by atoms with E-state index >= 15 is 0 Å². The first kappa shape index (κ1) is 10.6. The molecule has 0 aliphatic rings. The molecule has 1 aromatic carbocycles. The minimum atomic E-state index is -1.35. The Morgan fingerprint density at radius 3 is 2.88 bits per heavy atom. The van der Waals surface area contributed by atoms with Crippen molar-refractivity contribution in [3.63, 3.8) is 0 Å². The quantitative estimate of drug-likeness (QED) is 0.874. The second kappa shape index (κ2) is 3.90. The summed E-state index contributed by atoms with van der Waals surface area (Å²) < 4.78 is 17.9. The lowest BCUT2D eigenvalue weighted by molar-refractivity contribution is 0.0680. The molecule has 7 heteroatoms. The van der Waals surface area contributed by atoms with Crippen molar-refractivity contribution in [3.05, 3.63) is 34.9 Å². The van der Waals surface area contributed by atoms with Crippen molar-refractivity contribution in [1.29, 1.82) is 0 Å². The maximum absolute atomic E-state index is 13.3. The molecule has 1 aromatic heterocycles. The Labute approximate surface area is 93.5 Å². The Kier molecular flexibility index (Phi) is 2.57. The predicted molar refractivity (Wildman–Crippen MR) is 51.7 cm³/mol. The minimum absolute atomic E-state index is 0.0347. The molecule has 0 aliphatic heterocycles. The van der Waals surface area contributed by atoms with Crippen molar-refractivity contribution in [3.8, 4) is 11.5 Å². The summed E-state index contributed by atoms with van der Waals surface area (Å²) in [4.78, 5) is 14.0. The second-order valence-electron chi connectivity index (χ2n) is 2.85. The summed E-state index contributed by atoms with van der Waals surface area (Å²) in [5.41, 5.74) is -0.0347. The van der Waals surface area contributed by atoms with Gasteiger partial charge >= 0.3 is 5.97 Å². The summed E-state index contributed by atoms with van der Waals surface area (Å²) >= 11 is 5.66. The second-order valence-corrected chi connectivity index (χ2v) is 3.29. The summed E-state index contributed by atoms with van der Waals surface area (Å²) in [6.45, 7) is 0. The van der Waals surface area contributed by atoms with Crippen LogP contribution in [0, 0.1) is 5.82 Å². The van der Waals surface area contributed by atoms with Gasteiger partial charge < -0.3 is 9.63 Å². The molecule has 0 saturated carbocycles. The number of rotatable bonds is 2. The molecule has 0 unspecified atom stereocenters. The van der Waals surface area contributed by atoms with E-state index in [1.165, 1.54) is 12.1 Å². The van der Waals surface area contributed by atoms with Gasteiger partial charge in [-0.15, -0.1) is 0 Å². The molecule has 0 aliphatic carbocycles. The Morgan fingerprint density at radius 1 is 1.50 bits per heavy atom. The van der Waals surface area contributed by atoms with Crippen LogP contribution in [0.1, 0.15) is 10.6 Å². The molecular weight excluding hydrogens is 239 g/mol. The van der Waals surface area contributed by atoms with Gasteiger partial charge in [0.2, 0.25) is 0 Å². The fourth-order valence-corrected chi connectivity index (χ4v) is 1.25. The van der Waals surface area contributed by atoms with Crippen LogP contribution in [0.5, 0.6) is 0 Å². The molecule has 1 N–H and O–H groups in total. The molecule has 0 atom stereocenters. The number of hydrogen-bond donors (Lipinski definition) is 1. The highest BCUT2D eigenvalue weighted by Gasteiger charge is 2.17. The fraction of sp³-hybridized carbons (Fsp3) is 0. The molecule has 2 rings (SSSR count). The van der Waals surface area contributed by atoms with Crippen LogP contribution < -0.4 is 0 Å². The topological polar surface area (TPSA) is 76.2 Å². The van der Waals surface area contributed by atoms with Crippen LogP contribution >= 0.6 is 11.6 Å². The van der Waals surface area contributed by atoms with Crippen molar-refractivity contribution in [2.24, 2.45) is 0 Å². The summed E-state index contributed by atoms with van der Waals surface area (Å²) in [7, 11) is 0. The number of halogens is 2. The van der Waals surface area contributed by atoms with E-state index in [1.807, 2.05) is 0 Å². The first-order chi connectivity index (χ1) is 7.58. The lowest BCUT2D eigenvalue weighted by Gasteiger charge is -1.96. The van der Waals surface area contributed by atoms with E-state index in [2.05, 4.69) is 14.7 Å². The number of hydrogen-bond acceptors (Lipinski definition) is 4. The molecule has 0 radical (unpaired) electrons. The number of carboxylic acid groups (broad SMARTS) is 1. The number of carbonyl (C=O) groups is 1. The van der Waals surface area contributed by atoms with Gasteiger partial charge in [-0.1, -0.05) is 11.6 Å². The van der Waals surface area contributed by atoms with Crippen molar-refractivity contribution in [2.45, 2.75) is 0 Å². The van der Waals surface area contributed by atoms with E-state index in [0.717, 1.165) is 6.07 Å². The van der Waals surface area contributed by atoms with Gasteiger partial charge in [-0.25, -0.2) is 9.18 Å². The number of carboxylic acids is 1. The normalized spacial score (nSPS) is 10.4. The molecule has 16 heavy (non-hydrogen) atoms. The van der Waals surface area contributed by atoms with E-state index in [9.17, 15) is 9.18 Å². The minimum Gasteiger partial charge on any atom is -0.475 e. The first-order valence-corrected chi connectivity index (χ1v) is 4.48. The monoisotopic (exact) mass is 242 g/mol. The fourth-order valence-electron chi connectivity index (χ4n) is 1.08. The maximum Gasteiger partial charge on any atom is 0.377 e. The molecule has 0 fully saturated rings. The van der Waals surface area contributed by atoms with Crippen LogP contribution in [-0.2, 0) is 0 Å². The third-order valence-electron chi connectivity index (χ3n) is 1.78.